The molecule has 0 radical (unpaired) electrons. The number of nitrogens with zero attached hydrogens (tertiary/aromatic N) is 2. The van der Waals surface area contributed by atoms with Crippen LogP contribution in [0.15, 0.2) is 36.7 Å². The molecule has 1 unspecified atom stereocenters. The second-order valence-corrected chi connectivity index (χ2v) is 10.3. The fraction of sp³-hybridized carbons (Fsp3) is 0.656. The molecular weight excluding hydrogens is 460 g/mol. The molecule has 1 heterocycles. The van der Waals surface area contributed by atoms with Crippen molar-refractivity contribution >= 4 is 5.97 Å². The van der Waals surface area contributed by atoms with Crippen LogP contribution in [-0.2, 0) is 4.74 Å². The highest BCUT2D eigenvalue weighted by Crippen LogP contribution is 2.20. The summed E-state index contributed by atoms with van der Waals surface area (Å²) in [6.07, 6.45) is 21.8. The summed E-state index contributed by atoms with van der Waals surface area (Å²) < 4.78 is 11.3. The highest BCUT2D eigenvalue weighted by molar-refractivity contribution is 5.88. The van der Waals surface area contributed by atoms with E-state index in [1.165, 1.54) is 77.0 Å². The van der Waals surface area contributed by atoms with Gasteiger partial charge in [0.15, 0.2) is 5.82 Å². The summed E-state index contributed by atoms with van der Waals surface area (Å²) in [7, 11) is 0. The quantitative estimate of drug-likeness (QED) is 0.124. The molecule has 0 amide bonds. The Hall–Kier alpha value is -2.43. The van der Waals surface area contributed by atoms with Crippen molar-refractivity contribution in [3.8, 4) is 17.1 Å². The molecule has 0 saturated heterocycles. The maximum absolute atomic E-state index is 12.3. The van der Waals surface area contributed by atoms with E-state index in [4.69, 9.17) is 9.47 Å². The van der Waals surface area contributed by atoms with Crippen molar-refractivity contribution in [3.63, 3.8) is 0 Å². The Morgan fingerprint density at radius 1 is 0.757 bits per heavy atom. The minimum atomic E-state index is -0.352. The van der Waals surface area contributed by atoms with Gasteiger partial charge in [0.2, 0.25) is 0 Å². The van der Waals surface area contributed by atoms with Crippen molar-refractivity contribution in [2.45, 2.75) is 117 Å². The zero-order valence-electron chi connectivity index (χ0n) is 23.7. The summed E-state index contributed by atoms with van der Waals surface area (Å²) in [6.45, 7) is 8.03. The lowest BCUT2D eigenvalue weighted by Crippen LogP contribution is -2.08. The van der Waals surface area contributed by atoms with E-state index in [0.29, 0.717) is 18.0 Å². The third kappa shape index (κ3) is 13.6. The largest absolute Gasteiger partial charge is 0.494 e. The predicted octanol–water partition coefficient (Wildman–Crippen LogP) is 9.21. The maximum atomic E-state index is 12.3. The van der Waals surface area contributed by atoms with Gasteiger partial charge in [-0.15, -0.1) is 0 Å². The zero-order valence-corrected chi connectivity index (χ0v) is 23.7. The monoisotopic (exact) mass is 510 g/mol. The molecule has 37 heavy (non-hydrogen) atoms. The molecule has 206 valence electrons. The number of esters is 1. The molecule has 0 spiro atoms. The average molecular weight is 511 g/mol. The van der Waals surface area contributed by atoms with E-state index < -0.39 is 0 Å². The van der Waals surface area contributed by atoms with Crippen molar-refractivity contribution in [1.29, 1.82) is 0 Å². The molecule has 5 nitrogen and oxygen atoms in total. The van der Waals surface area contributed by atoms with Crippen molar-refractivity contribution in [3.05, 3.63) is 42.2 Å². The van der Waals surface area contributed by atoms with Crippen LogP contribution in [0.5, 0.6) is 5.75 Å². The van der Waals surface area contributed by atoms with Crippen LogP contribution >= 0.6 is 0 Å². The summed E-state index contributed by atoms with van der Waals surface area (Å²) in [5, 5.41) is 0. The van der Waals surface area contributed by atoms with Gasteiger partial charge in [0, 0.05) is 18.0 Å². The first-order valence-corrected chi connectivity index (χ1v) is 14.9. The molecule has 2 aromatic rings. The molecule has 0 aliphatic carbocycles. The summed E-state index contributed by atoms with van der Waals surface area (Å²) in [4.78, 5) is 21.0. The van der Waals surface area contributed by atoms with Gasteiger partial charge in [-0.1, -0.05) is 104 Å². The molecule has 1 aromatic heterocycles. The molecule has 0 N–H and O–H groups in total. The van der Waals surface area contributed by atoms with E-state index in [1.807, 2.05) is 24.3 Å². The van der Waals surface area contributed by atoms with Crippen LogP contribution in [0, 0.1) is 5.92 Å². The Balaban J connectivity index is 1.60. The van der Waals surface area contributed by atoms with Gasteiger partial charge in [-0.05, 0) is 43.0 Å². The topological polar surface area (TPSA) is 61.3 Å². The van der Waals surface area contributed by atoms with Gasteiger partial charge in [-0.3, -0.25) is 0 Å². The molecule has 0 saturated carbocycles. The van der Waals surface area contributed by atoms with Crippen LogP contribution < -0.4 is 4.74 Å². The van der Waals surface area contributed by atoms with Crippen molar-refractivity contribution < 1.29 is 14.3 Å². The lowest BCUT2D eigenvalue weighted by Gasteiger charge is -2.09. The Kier molecular flexibility index (Phi) is 16.4. The highest BCUT2D eigenvalue weighted by Gasteiger charge is 2.10. The van der Waals surface area contributed by atoms with Gasteiger partial charge in [0.05, 0.1) is 18.8 Å². The molecule has 5 heteroatoms. The zero-order chi connectivity index (χ0) is 26.6. The van der Waals surface area contributed by atoms with E-state index in [1.54, 1.807) is 12.4 Å². The van der Waals surface area contributed by atoms with Gasteiger partial charge in [-0.2, -0.15) is 0 Å². The van der Waals surface area contributed by atoms with E-state index in [9.17, 15) is 4.79 Å². The number of ether oxygens (including phenoxy) is 2. The molecular formula is C32H50N2O3. The number of carbonyl (C=O) groups is 1. The lowest BCUT2D eigenvalue weighted by molar-refractivity contribution is 0.0496. The summed E-state index contributed by atoms with van der Waals surface area (Å²) in [5.41, 5.74) is 1.29. The first-order chi connectivity index (χ1) is 18.1. The van der Waals surface area contributed by atoms with Gasteiger partial charge >= 0.3 is 5.97 Å². The second-order valence-electron chi connectivity index (χ2n) is 10.3. The van der Waals surface area contributed by atoms with Crippen LogP contribution in [-0.4, -0.2) is 29.2 Å². The number of unbranched alkanes of at least 4 members (excludes halogenated alkanes) is 11. The Labute approximate surface area is 225 Å². The molecule has 1 aromatic carbocycles. The van der Waals surface area contributed by atoms with Gasteiger partial charge in [-0.25, -0.2) is 14.8 Å². The number of hydrogen-bond donors (Lipinski definition) is 0. The average Bonchev–Trinajstić information content (AvgIpc) is 2.93. The lowest BCUT2D eigenvalue weighted by atomic mass is 10.0. The number of rotatable bonds is 21. The van der Waals surface area contributed by atoms with E-state index >= 15 is 0 Å². The Morgan fingerprint density at radius 3 is 1.95 bits per heavy atom. The Morgan fingerprint density at radius 2 is 1.32 bits per heavy atom. The molecule has 0 aliphatic heterocycles. The maximum Gasteiger partial charge on any atom is 0.341 e. The number of aromatic nitrogens is 2. The molecule has 1 atom stereocenters. The first-order valence-electron chi connectivity index (χ1n) is 14.9. The Bertz CT molecular complexity index is 836. The summed E-state index contributed by atoms with van der Waals surface area (Å²) in [6, 6.07) is 7.81. The van der Waals surface area contributed by atoms with Crippen LogP contribution in [0.3, 0.4) is 0 Å². The van der Waals surface area contributed by atoms with Gasteiger partial charge in [0.1, 0.15) is 5.75 Å². The standard InChI is InChI=1S/C32H50N2O3/c1-4-6-7-8-9-10-11-12-13-16-24-37-32(35)29-25-33-31(34-26-29)28-19-21-30(22-20-28)36-23-17-14-15-18-27(3)5-2/h19-22,25-27H,4-18,23-24H2,1-3H3. The van der Waals surface area contributed by atoms with Gasteiger partial charge in [0.25, 0.3) is 0 Å². The molecule has 0 fully saturated rings. The SMILES string of the molecule is CCCCCCCCCCCCOC(=O)c1cnc(-c2ccc(OCCCCCC(C)CC)cc2)nc1. The smallest absolute Gasteiger partial charge is 0.341 e. The van der Waals surface area contributed by atoms with E-state index in [2.05, 4.69) is 30.7 Å². The first kappa shape index (κ1) is 30.8. The van der Waals surface area contributed by atoms with Crippen LogP contribution in [0.1, 0.15) is 127 Å². The normalized spacial score (nSPS) is 11.9. The fourth-order valence-electron chi connectivity index (χ4n) is 4.29. The summed E-state index contributed by atoms with van der Waals surface area (Å²) in [5.74, 6) is 1.92. The number of benzene rings is 1. The highest BCUT2D eigenvalue weighted by atomic mass is 16.5. The third-order valence-corrected chi connectivity index (χ3v) is 7.04. The predicted molar refractivity (Wildman–Crippen MR) is 153 cm³/mol. The van der Waals surface area contributed by atoms with Crippen LogP contribution in [0.25, 0.3) is 11.4 Å². The van der Waals surface area contributed by atoms with Crippen molar-refractivity contribution in [2.24, 2.45) is 5.92 Å². The van der Waals surface area contributed by atoms with Gasteiger partial charge < -0.3 is 9.47 Å². The fourth-order valence-corrected chi connectivity index (χ4v) is 4.29. The third-order valence-electron chi connectivity index (χ3n) is 7.04. The molecule has 2 rings (SSSR count). The molecule has 0 aliphatic rings. The number of carbonyl (C=O) groups excluding carboxylic acids is 1. The van der Waals surface area contributed by atoms with Crippen LogP contribution in [0.2, 0.25) is 0 Å². The molecule has 0 bridgehead atoms. The van der Waals surface area contributed by atoms with Crippen LogP contribution in [0.4, 0.5) is 0 Å². The van der Waals surface area contributed by atoms with E-state index in [-0.39, 0.29) is 5.97 Å². The van der Waals surface area contributed by atoms with E-state index in [0.717, 1.165) is 43.1 Å². The minimum Gasteiger partial charge on any atom is -0.494 e. The number of hydrogen-bond acceptors (Lipinski definition) is 5. The van der Waals surface area contributed by atoms with Crippen molar-refractivity contribution in [1.82, 2.24) is 9.97 Å². The van der Waals surface area contributed by atoms with Crippen molar-refractivity contribution in [2.75, 3.05) is 13.2 Å². The second kappa shape index (κ2) is 19.7. The minimum absolute atomic E-state index is 0.352. The summed E-state index contributed by atoms with van der Waals surface area (Å²) >= 11 is 0.